The minimum atomic E-state index is -0.860. The number of carboxylic acid groups (broad SMARTS) is 2. The Kier molecular flexibility index (Phi) is 8.08. The average Bonchev–Trinajstić information content (AvgIpc) is 3.15. The van der Waals surface area contributed by atoms with E-state index in [1.54, 1.807) is 12.7 Å². The molecule has 0 spiro atoms. The molecule has 0 radical (unpaired) electrons. The maximum atomic E-state index is 11.8. The molecule has 2 N–H and O–H groups in total. The molecular formula is C20H34N6O4S2+2. The number of imidazole rings is 2. The number of carboxylic acids is 2. The average molecular weight is 487 g/mol. The van der Waals surface area contributed by atoms with Gasteiger partial charge in [-0.25, -0.2) is 19.6 Å². The lowest BCUT2D eigenvalue weighted by Crippen LogP contribution is -2.51. The number of quaternary nitrogens is 2. The van der Waals surface area contributed by atoms with E-state index in [4.69, 9.17) is 0 Å². The maximum absolute atomic E-state index is 11.8. The van der Waals surface area contributed by atoms with Gasteiger partial charge in [0.05, 0.1) is 79.2 Å². The van der Waals surface area contributed by atoms with Gasteiger partial charge in [0, 0.05) is 14.1 Å². The van der Waals surface area contributed by atoms with E-state index in [9.17, 15) is 19.8 Å². The van der Waals surface area contributed by atoms with E-state index < -0.39 is 24.0 Å². The van der Waals surface area contributed by atoms with Crippen molar-refractivity contribution < 1.29 is 28.8 Å². The molecule has 2 aromatic heterocycles. The Morgan fingerprint density at radius 3 is 1.38 bits per heavy atom. The lowest BCUT2D eigenvalue weighted by atomic mass is 10.1. The van der Waals surface area contributed by atoms with Gasteiger partial charge in [0.2, 0.25) is 0 Å². The van der Waals surface area contributed by atoms with Gasteiger partial charge in [-0.05, 0) is 21.6 Å². The molecule has 0 aromatic carbocycles. The molecule has 0 bridgehead atoms. The number of aryl methyl sites for hydroxylation is 2. The van der Waals surface area contributed by atoms with Crippen LogP contribution in [0.25, 0.3) is 0 Å². The summed E-state index contributed by atoms with van der Waals surface area (Å²) in [6.07, 6.45) is 4.00. The van der Waals surface area contributed by atoms with Gasteiger partial charge in [0.25, 0.3) is 0 Å². The molecule has 10 nitrogen and oxygen atoms in total. The van der Waals surface area contributed by atoms with Gasteiger partial charge in [-0.15, -0.1) is 0 Å². The molecule has 32 heavy (non-hydrogen) atoms. The molecule has 2 heterocycles. The third kappa shape index (κ3) is 6.27. The predicted octanol–water partition coefficient (Wildman–Crippen LogP) is 1.36. The molecule has 0 aliphatic carbocycles. The Balaban J connectivity index is 2.26. The van der Waals surface area contributed by atoms with Gasteiger partial charge in [-0.2, -0.15) is 0 Å². The van der Waals surface area contributed by atoms with Crippen LogP contribution in [0.15, 0.2) is 22.7 Å². The van der Waals surface area contributed by atoms with Crippen LogP contribution >= 0.6 is 21.6 Å². The largest absolute Gasteiger partial charge is 0.477 e. The molecule has 0 aliphatic heterocycles. The van der Waals surface area contributed by atoms with Crippen molar-refractivity contribution in [2.24, 2.45) is 14.1 Å². The van der Waals surface area contributed by atoms with Gasteiger partial charge in [0.15, 0.2) is 12.1 Å². The van der Waals surface area contributed by atoms with Crippen LogP contribution in [0.3, 0.4) is 0 Å². The van der Waals surface area contributed by atoms with Crippen LogP contribution in [0.2, 0.25) is 0 Å². The Bertz CT molecular complexity index is 896. The highest BCUT2D eigenvalue weighted by Crippen LogP contribution is 2.40. The summed E-state index contributed by atoms with van der Waals surface area (Å²) < 4.78 is 4.33. The number of rotatable bonds is 11. The number of nitrogens with zero attached hydrogens (tertiary/aromatic N) is 6. The fourth-order valence-electron chi connectivity index (χ4n) is 3.26. The normalized spacial score (nSPS) is 14.4. The van der Waals surface area contributed by atoms with E-state index in [0.29, 0.717) is 12.8 Å². The first kappa shape index (κ1) is 26.2. The molecule has 2 aromatic rings. The highest BCUT2D eigenvalue weighted by atomic mass is 33.1. The fraction of sp³-hybridized carbons (Fsp3) is 0.600. The van der Waals surface area contributed by atoms with Crippen LogP contribution < -0.4 is 0 Å². The third-order valence-corrected chi connectivity index (χ3v) is 7.96. The number of likely N-dealkylation sites (N-methyl/N-ethyl adjacent to an activating group) is 2. The van der Waals surface area contributed by atoms with Gasteiger partial charge in [0.1, 0.15) is 10.1 Å². The van der Waals surface area contributed by atoms with E-state index in [0.717, 1.165) is 21.4 Å². The Labute approximate surface area is 196 Å². The SMILES string of the molecule is Cn1cnc(C[C@@H](C(=O)O)[N+](C)(C)C)c1SSc1c(C[C@@H](C(=O)O)[N+](C)(C)C)ncn1C. The van der Waals surface area contributed by atoms with E-state index in [-0.39, 0.29) is 8.97 Å². The summed E-state index contributed by atoms with van der Waals surface area (Å²) in [4.78, 5) is 32.5. The zero-order valence-corrected chi connectivity index (χ0v) is 21.6. The second kappa shape index (κ2) is 9.86. The van der Waals surface area contributed by atoms with Gasteiger partial charge >= 0.3 is 11.9 Å². The van der Waals surface area contributed by atoms with Gasteiger partial charge < -0.3 is 28.3 Å². The lowest BCUT2D eigenvalue weighted by molar-refractivity contribution is -0.887. The molecule has 0 saturated heterocycles. The molecule has 178 valence electrons. The second-order valence-electron chi connectivity index (χ2n) is 9.73. The monoisotopic (exact) mass is 486 g/mol. The van der Waals surface area contributed by atoms with Crippen LogP contribution in [-0.4, -0.2) is 105 Å². The van der Waals surface area contributed by atoms with E-state index in [1.165, 1.54) is 21.6 Å². The van der Waals surface area contributed by atoms with E-state index in [1.807, 2.05) is 65.5 Å². The molecule has 2 rings (SSSR count). The second-order valence-corrected chi connectivity index (χ2v) is 11.8. The topological polar surface area (TPSA) is 110 Å². The molecular weight excluding hydrogens is 452 g/mol. The zero-order valence-electron chi connectivity index (χ0n) is 19.9. The summed E-state index contributed by atoms with van der Waals surface area (Å²) in [7, 11) is 17.9. The summed E-state index contributed by atoms with van der Waals surface area (Å²) in [5.41, 5.74) is 1.45. The Hall–Kier alpha value is -2.02. The Morgan fingerprint density at radius 2 is 1.12 bits per heavy atom. The molecule has 0 saturated carbocycles. The standard InChI is InChI=1S/C20H32N6O4S2/c1-23-11-21-13(9-15(19(27)28)25(3,4)5)17(23)31-32-18-14(22-12-24(18)2)10-16(20(29)30)26(6,7)8/h11-12,15-16H,9-10H2,1-8H3/p+2/t15-,16-/m0/s1. The minimum Gasteiger partial charge on any atom is -0.477 e. The number of hydrogen-bond acceptors (Lipinski definition) is 6. The third-order valence-electron chi connectivity index (χ3n) is 5.32. The maximum Gasteiger partial charge on any atom is 0.362 e. The first-order valence-corrected chi connectivity index (χ1v) is 12.2. The molecule has 12 heteroatoms. The fourth-order valence-corrected chi connectivity index (χ4v) is 5.97. The quantitative estimate of drug-likeness (QED) is 0.362. The van der Waals surface area contributed by atoms with Crippen molar-refractivity contribution in [3.8, 4) is 0 Å². The van der Waals surface area contributed by atoms with Crippen LogP contribution in [0.4, 0.5) is 0 Å². The number of hydrogen-bond donors (Lipinski definition) is 2. The summed E-state index contributed by atoms with van der Waals surface area (Å²) >= 11 is 0. The lowest BCUT2D eigenvalue weighted by Gasteiger charge is -2.31. The van der Waals surface area contributed by atoms with Crippen molar-refractivity contribution in [2.75, 3.05) is 42.3 Å². The minimum absolute atomic E-state index is 0.288. The van der Waals surface area contributed by atoms with Crippen molar-refractivity contribution in [3.05, 3.63) is 24.0 Å². The van der Waals surface area contributed by atoms with Crippen molar-refractivity contribution in [1.82, 2.24) is 19.1 Å². The highest BCUT2D eigenvalue weighted by molar-refractivity contribution is 8.76. The summed E-state index contributed by atoms with van der Waals surface area (Å²) in [6.45, 7) is 0. The summed E-state index contributed by atoms with van der Waals surface area (Å²) in [5, 5.41) is 21.1. The molecule has 0 unspecified atom stereocenters. The summed E-state index contributed by atoms with van der Waals surface area (Å²) in [6, 6.07) is -1.25. The zero-order chi connectivity index (χ0) is 24.4. The van der Waals surface area contributed by atoms with Crippen molar-refractivity contribution in [2.45, 2.75) is 35.0 Å². The Morgan fingerprint density at radius 1 is 0.812 bits per heavy atom. The first-order chi connectivity index (χ1) is 14.6. The number of aromatic nitrogens is 4. The van der Waals surface area contributed by atoms with Gasteiger partial charge in [-0.3, -0.25) is 0 Å². The van der Waals surface area contributed by atoms with E-state index >= 15 is 0 Å². The smallest absolute Gasteiger partial charge is 0.362 e. The van der Waals surface area contributed by atoms with E-state index in [2.05, 4.69) is 9.97 Å². The predicted molar refractivity (Wildman–Crippen MR) is 124 cm³/mol. The van der Waals surface area contributed by atoms with Crippen molar-refractivity contribution in [1.29, 1.82) is 0 Å². The first-order valence-electron chi connectivity index (χ1n) is 10.1. The molecule has 0 aliphatic rings. The van der Waals surface area contributed by atoms with Crippen molar-refractivity contribution in [3.63, 3.8) is 0 Å². The number of aliphatic carboxylic acids is 2. The van der Waals surface area contributed by atoms with Crippen molar-refractivity contribution >= 4 is 33.5 Å². The van der Waals surface area contributed by atoms with Crippen LogP contribution in [0, 0.1) is 0 Å². The highest BCUT2D eigenvalue weighted by Gasteiger charge is 2.35. The molecule has 2 atom stereocenters. The number of carbonyl (C=O) groups is 2. The molecule has 0 fully saturated rings. The van der Waals surface area contributed by atoms with Crippen LogP contribution in [0.5, 0.6) is 0 Å². The van der Waals surface area contributed by atoms with Crippen LogP contribution in [0.1, 0.15) is 11.4 Å². The van der Waals surface area contributed by atoms with Gasteiger partial charge in [-0.1, -0.05) is 0 Å². The molecule has 0 amide bonds. The summed E-state index contributed by atoms with van der Waals surface area (Å²) in [5.74, 6) is -1.72. The van der Waals surface area contributed by atoms with Crippen LogP contribution in [-0.2, 0) is 36.5 Å².